The van der Waals surface area contributed by atoms with Crippen LogP contribution < -0.4 is 16.0 Å². The van der Waals surface area contributed by atoms with Crippen molar-refractivity contribution in [2.45, 2.75) is 243 Å². The van der Waals surface area contributed by atoms with Crippen LogP contribution in [0.2, 0.25) is 0 Å². The van der Waals surface area contributed by atoms with E-state index in [1.54, 1.807) is 50.4 Å². The summed E-state index contributed by atoms with van der Waals surface area (Å²) in [6.07, 6.45) is -11.6. The van der Waals surface area contributed by atoms with Gasteiger partial charge in [0.2, 0.25) is 17.7 Å². The lowest BCUT2D eigenvalue weighted by molar-refractivity contribution is -0.284. The normalized spacial score (nSPS) is 28.5. The minimum atomic E-state index is -1.48. The average Bonchev–Trinajstić information content (AvgIpc) is 1.07. The molecule has 4 aliphatic rings. The van der Waals surface area contributed by atoms with Crippen molar-refractivity contribution in [3.05, 3.63) is 47.6 Å². The summed E-state index contributed by atoms with van der Waals surface area (Å²) in [5.41, 5.74) is 1.45. The van der Waals surface area contributed by atoms with Gasteiger partial charge in [0, 0.05) is 83.1 Å². The molecule has 45 nitrogen and oxygen atoms in total. The van der Waals surface area contributed by atoms with Crippen LogP contribution in [0.1, 0.15) is 90.5 Å². The molecule has 8 rings (SSSR count). The van der Waals surface area contributed by atoms with Gasteiger partial charge >= 0.3 is 0 Å². The number of aliphatic hydroxyl groups excluding tert-OH is 12. The number of nitrogens with one attached hydrogen (secondary N) is 3. The molecule has 0 saturated carbocycles. The smallest absolute Gasteiger partial charge is 0.217 e. The highest BCUT2D eigenvalue weighted by Gasteiger charge is 2.49. The number of rotatable bonds is 50. The molecule has 15 N–H and O–H groups in total. The number of amides is 3. The second kappa shape index (κ2) is 46.7. The van der Waals surface area contributed by atoms with Gasteiger partial charge in [0.1, 0.15) is 85.3 Å². The van der Waals surface area contributed by atoms with Crippen LogP contribution >= 0.6 is 0 Å². The maximum atomic E-state index is 15.0. The van der Waals surface area contributed by atoms with Crippen molar-refractivity contribution in [3.63, 3.8) is 0 Å². The first-order valence-electron chi connectivity index (χ1n) is 38.2. The summed E-state index contributed by atoms with van der Waals surface area (Å²) in [6.45, 7) is 12.2. The van der Waals surface area contributed by atoms with Crippen LogP contribution in [0.3, 0.4) is 0 Å². The van der Waals surface area contributed by atoms with Crippen LogP contribution in [0.15, 0.2) is 24.8 Å². The van der Waals surface area contributed by atoms with E-state index in [0.29, 0.717) is 68.2 Å². The molecule has 4 aliphatic heterocycles. The first-order chi connectivity index (χ1) is 54.6. The number of hydrogen-bond donors (Lipinski definition) is 15. The molecule has 0 bridgehead atoms. The Bertz CT molecular complexity index is 3360. The van der Waals surface area contributed by atoms with Crippen LogP contribution in [0.4, 0.5) is 0 Å². The fourth-order valence-corrected chi connectivity index (χ4v) is 13.3. The van der Waals surface area contributed by atoms with Gasteiger partial charge in [0.25, 0.3) is 0 Å². The number of carbonyl (C=O) groups is 4. The number of unbranched alkanes of at least 4 members (excludes halogenated alkanes) is 1. The molecule has 4 aromatic rings. The summed E-state index contributed by atoms with van der Waals surface area (Å²) in [6, 6.07) is -4.05. The molecule has 4 aromatic heterocycles. The van der Waals surface area contributed by atoms with E-state index in [2.05, 4.69) is 62.1 Å². The Hall–Kier alpha value is -6.40. The second-order valence-electron chi connectivity index (χ2n) is 29.4. The standard InChI is InChI=1S/C69H117N17O28/c1-40-56(94)57(95)49(36-87)111-65(40)107-24-20-103-18-14-85-34-46(75-79-85)30-82(31-47-35-86(80-76-47)15-19-106-23-27-110-68-55(72-43(4)93)63(101)60(98)52(39-90)114-68)48(64(102)69(5,6)7)10-8-9-11-81(28-44-32-83(77-73-44)12-16-104-21-25-108-66-53(70-41(2)91)61(99)58(96)50(37-88)112-66)29-45-33-84(78-74-45)13-17-105-22-26-109-67-54(71-42(3)92)62(100)59(97)51(38-89)113-67/h32-35,40,48-63,65-68,87-90,94-101H,8-31,36-39H2,1-7H3,(H,70,91)(H,71,92)(H,72,93)/t40-,48-,49-,50-,51-,52-,53-,54-,55-,56-,57+,58+,59+,60+,61-,62-,63-,65-,66-,67-,68-/m1/s1. The maximum absolute atomic E-state index is 15.0. The number of ketones is 1. The first kappa shape index (κ1) is 93.1. The lowest BCUT2D eigenvalue weighted by atomic mass is 9.84. The van der Waals surface area contributed by atoms with Crippen LogP contribution in [0.25, 0.3) is 0 Å². The van der Waals surface area contributed by atoms with Gasteiger partial charge in [-0.25, -0.2) is 18.7 Å². The predicted molar refractivity (Wildman–Crippen MR) is 386 cm³/mol. The molecule has 3 amide bonds. The molecule has 0 spiro atoms. The first-order valence-corrected chi connectivity index (χ1v) is 38.2. The molecule has 0 aromatic carbocycles. The minimum absolute atomic E-state index is 0.0337. The molecule has 646 valence electrons. The van der Waals surface area contributed by atoms with Gasteiger partial charge in [-0.15, -0.1) is 20.4 Å². The molecular formula is C69H117N17O28. The number of nitrogens with zero attached hydrogens (tertiary/aromatic N) is 14. The van der Waals surface area contributed by atoms with E-state index in [9.17, 15) is 80.5 Å². The summed E-state index contributed by atoms with van der Waals surface area (Å²) in [5.74, 6) is -2.10. The molecule has 0 radical (unpaired) electrons. The lowest BCUT2D eigenvalue weighted by Crippen LogP contribution is -2.64. The van der Waals surface area contributed by atoms with Gasteiger partial charge in [-0.2, -0.15) is 0 Å². The van der Waals surface area contributed by atoms with Crippen molar-refractivity contribution in [3.8, 4) is 0 Å². The Labute approximate surface area is 658 Å². The zero-order valence-electron chi connectivity index (χ0n) is 65.4. The summed E-state index contributed by atoms with van der Waals surface area (Å²) in [7, 11) is 0. The molecule has 4 saturated heterocycles. The van der Waals surface area contributed by atoms with Gasteiger partial charge in [-0.3, -0.25) is 29.0 Å². The predicted octanol–water partition coefficient (Wildman–Crippen LogP) is -8.05. The summed E-state index contributed by atoms with van der Waals surface area (Å²) in [4.78, 5) is 54.9. The molecule has 0 unspecified atom stereocenters. The Morgan fingerprint density at radius 3 is 1.04 bits per heavy atom. The van der Waals surface area contributed by atoms with E-state index in [0.717, 1.165) is 0 Å². The largest absolute Gasteiger partial charge is 0.394 e. The number of ether oxygens (including phenoxy) is 12. The molecule has 45 heteroatoms. The van der Waals surface area contributed by atoms with Crippen molar-refractivity contribution < 1.29 is 137 Å². The molecule has 0 aliphatic carbocycles. The third-order valence-corrected chi connectivity index (χ3v) is 19.4. The SMILES string of the molecule is CC(=O)N[C@H]1[C@H](OCCOCCn2cc(CN(CCCC[C@H](C(=O)C(C)(C)C)N(Cc3cn(CCOCCO[C@@H]4O[C@H](CO)[C@H](O)[C@H](O)[C@H]4C)nn3)Cc3cn(CCOCCO[C@@H]4O[C@H](CO)[C@H](O)[C@H](O)[C@H]4NC(C)=O)nn3)Cc3cn(CCOCCO[C@@H]4O[C@H](CO)[C@H](O)[C@H](O)[C@H]4NC(C)=O)nn3)nn2)O[C@H](CO)[C@H](O)[C@@H]1O. The van der Waals surface area contributed by atoms with Gasteiger partial charge in [0.15, 0.2) is 30.9 Å². The zero-order valence-corrected chi connectivity index (χ0v) is 65.4. The van der Waals surface area contributed by atoms with E-state index in [4.69, 9.17) is 56.8 Å². The number of Topliss-reactive ketones (excluding diaryl/α,β-unsaturated/α-hetero) is 1. The van der Waals surface area contributed by atoms with Crippen LogP contribution in [-0.2, 0) is 128 Å². The Balaban J connectivity index is 0.918. The highest BCUT2D eigenvalue weighted by atomic mass is 16.7. The lowest BCUT2D eigenvalue weighted by Gasteiger charge is -2.42. The Morgan fingerprint density at radius 2 is 0.728 bits per heavy atom. The number of hydrogen-bond acceptors (Lipinski definition) is 38. The minimum Gasteiger partial charge on any atom is -0.394 e. The monoisotopic (exact) mass is 1630 g/mol. The van der Waals surface area contributed by atoms with E-state index >= 15 is 0 Å². The topological polar surface area (TPSA) is 587 Å². The van der Waals surface area contributed by atoms with Crippen LogP contribution in [-0.4, -0.2) is 389 Å². The zero-order chi connectivity index (χ0) is 82.6. The third kappa shape index (κ3) is 28.1. The summed E-state index contributed by atoms with van der Waals surface area (Å²) >= 11 is 0. The molecule has 21 atom stereocenters. The van der Waals surface area contributed by atoms with E-state index in [-0.39, 0.29) is 118 Å². The Morgan fingerprint density at radius 1 is 0.430 bits per heavy atom. The van der Waals surface area contributed by atoms with Gasteiger partial charge < -0.3 is 134 Å². The van der Waals surface area contributed by atoms with Crippen molar-refractivity contribution in [2.75, 3.05) is 112 Å². The van der Waals surface area contributed by atoms with Crippen molar-refractivity contribution in [1.29, 1.82) is 0 Å². The molecule has 8 heterocycles. The molecular weight excluding hydrogens is 1510 g/mol. The van der Waals surface area contributed by atoms with Crippen molar-refractivity contribution >= 4 is 23.5 Å². The van der Waals surface area contributed by atoms with Crippen LogP contribution in [0.5, 0.6) is 0 Å². The number of aromatic nitrogens is 12. The fraction of sp³-hybridized carbons (Fsp3) is 0.826. The molecule has 4 fully saturated rings. The third-order valence-electron chi connectivity index (χ3n) is 19.4. The highest BCUT2D eigenvalue weighted by molar-refractivity contribution is 5.88. The summed E-state index contributed by atoms with van der Waals surface area (Å²) in [5, 5.41) is 166. The van der Waals surface area contributed by atoms with Crippen molar-refractivity contribution in [2.24, 2.45) is 11.3 Å². The van der Waals surface area contributed by atoms with Gasteiger partial charge in [-0.1, -0.05) is 55.0 Å². The Kier molecular flexibility index (Phi) is 38.1. The van der Waals surface area contributed by atoms with Crippen molar-refractivity contribution in [1.82, 2.24) is 85.7 Å². The average molecular weight is 1630 g/mol. The van der Waals surface area contributed by atoms with Gasteiger partial charge in [0.05, 0.1) is 167 Å². The van der Waals surface area contributed by atoms with Gasteiger partial charge in [-0.05, 0) is 19.4 Å². The fourth-order valence-electron chi connectivity index (χ4n) is 13.3. The van der Waals surface area contributed by atoms with E-state index in [1.807, 2.05) is 25.7 Å². The quantitative estimate of drug-likeness (QED) is 0.0183. The molecule has 114 heavy (non-hydrogen) atoms. The second-order valence-corrected chi connectivity index (χ2v) is 29.4. The number of aliphatic hydroxyl groups is 12. The highest BCUT2D eigenvalue weighted by Crippen LogP contribution is 2.30. The van der Waals surface area contributed by atoms with E-state index < -0.39 is 178 Å². The summed E-state index contributed by atoms with van der Waals surface area (Å²) < 4.78 is 75.6. The van der Waals surface area contributed by atoms with E-state index in [1.165, 1.54) is 20.8 Å². The van der Waals surface area contributed by atoms with Crippen LogP contribution in [0, 0.1) is 11.3 Å². The number of carbonyl (C=O) groups excluding carboxylic acids is 4. The maximum Gasteiger partial charge on any atom is 0.217 e.